The lowest BCUT2D eigenvalue weighted by Crippen LogP contribution is -2.58. The van der Waals surface area contributed by atoms with Gasteiger partial charge in [0.15, 0.2) is 0 Å². The molecule has 160 valence electrons. The van der Waals surface area contributed by atoms with Crippen LogP contribution < -0.4 is 5.32 Å². The Morgan fingerprint density at radius 2 is 1.79 bits per heavy atom. The summed E-state index contributed by atoms with van der Waals surface area (Å²) >= 11 is 0. The minimum absolute atomic E-state index is 0.0651. The van der Waals surface area contributed by atoms with E-state index in [4.69, 9.17) is 0 Å². The Kier molecular flexibility index (Phi) is 7.70. The molecule has 3 rings (SSSR count). The van der Waals surface area contributed by atoms with Crippen molar-refractivity contribution < 1.29 is 9.59 Å². The highest BCUT2D eigenvalue weighted by atomic mass is 16.2. The lowest BCUT2D eigenvalue weighted by Gasteiger charge is -2.41. The summed E-state index contributed by atoms with van der Waals surface area (Å²) in [6.07, 6.45) is 5.32. The second-order valence-corrected chi connectivity index (χ2v) is 9.21. The molecule has 1 saturated heterocycles. The highest BCUT2D eigenvalue weighted by Gasteiger charge is 2.37. The van der Waals surface area contributed by atoms with E-state index in [0.717, 1.165) is 44.6 Å². The number of nitrogens with one attached hydrogen (secondary N) is 1. The lowest BCUT2D eigenvalue weighted by molar-refractivity contribution is -0.136. The van der Waals surface area contributed by atoms with Gasteiger partial charge < -0.3 is 10.2 Å². The van der Waals surface area contributed by atoms with Gasteiger partial charge in [-0.25, -0.2) is 0 Å². The molecule has 29 heavy (non-hydrogen) atoms. The van der Waals surface area contributed by atoms with Crippen LogP contribution in [0.25, 0.3) is 0 Å². The summed E-state index contributed by atoms with van der Waals surface area (Å²) in [6.45, 7) is 9.89. The van der Waals surface area contributed by atoms with Crippen LogP contribution in [-0.4, -0.2) is 53.8 Å². The van der Waals surface area contributed by atoms with Gasteiger partial charge in [0, 0.05) is 39.1 Å². The van der Waals surface area contributed by atoms with E-state index >= 15 is 0 Å². The molecule has 1 aromatic carbocycles. The highest BCUT2D eigenvalue weighted by molar-refractivity contribution is 5.82. The Hall–Kier alpha value is -1.88. The van der Waals surface area contributed by atoms with Gasteiger partial charge >= 0.3 is 0 Å². The minimum Gasteiger partial charge on any atom is -0.351 e. The summed E-state index contributed by atoms with van der Waals surface area (Å²) in [7, 11) is 0. The molecule has 1 saturated carbocycles. The molecule has 0 spiro atoms. The first-order chi connectivity index (χ1) is 13.9. The monoisotopic (exact) mass is 399 g/mol. The van der Waals surface area contributed by atoms with E-state index in [2.05, 4.69) is 49.2 Å². The summed E-state index contributed by atoms with van der Waals surface area (Å²) < 4.78 is 0. The number of benzene rings is 1. The first-order valence-corrected chi connectivity index (χ1v) is 11.3. The van der Waals surface area contributed by atoms with Crippen molar-refractivity contribution in [1.29, 1.82) is 0 Å². The number of carbonyl (C=O) groups excluding carboxylic acids is 2. The van der Waals surface area contributed by atoms with Gasteiger partial charge in [-0.05, 0) is 37.2 Å². The van der Waals surface area contributed by atoms with E-state index in [-0.39, 0.29) is 17.9 Å². The molecule has 5 heteroatoms. The molecule has 1 heterocycles. The van der Waals surface area contributed by atoms with Crippen LogP contribution in [0.1, 0.15) is 57.1 Å². The number of piperazine rings is 1. The van der Waals surface area contributed by atoms with Crippen LogP contribution in [0.3, 0.4) is 0 Å². The average molecular weight is 400 g/mol. The number of rotatable bonds is 7. The Morgan fingerprint density at radius 1 is 1.10 bits per heavy atom. The number of carbonyl (C=O) groups is 2. The van der Waals surface area contributed by atoms with Crippen molar-refractivity contribution in [3.05, 3.63) is 35.4 Å². The first-order valence-electron chi connectivity index (χ1n) is 11.3. The van der Waals surface area contributed by atoms with Gasteiger partial charge in [-0.2, -0.15) is 0 Å². The van der Waals surface area contributed by atoms with Crippen molar-refractivity contribution in [3.8, 4) is 0 Å². The largest absolute Gasteiger partial charge is 0.351 e. The van der Waals surface area contributed by atoms with Gasteiger partial charge in [0.1, 0.15) is 0 Å². The van der Waals surface area contributed by atoms with Crippen LogP contribution in [0.15, 0.2) is 24.3 Å². The quantitative estimate of drug-likeness (QED) is 0.765. The fourth-order valence-corrected chi connectivity index (χ4v) is 4.79. The predicted molar refractivity (Wildman–Crippen MR) is 116 cm³/mol. The second kappa shape index (κ2) is 10.2. The maximum absolute atomic E-state index is 13.2. The van der Waals surface area contributed by atoms with Crippen molar-refractivity contribution in [1.82, 2.24) is 15.1 Å². The Balaban J connectivity index is 1.60. The van der Waals surface area contributed by atoms with Crippen molar-refractivity contribution in [3.63, 3.8) is 0 Å². The standard InChI is InChI=1S/C24H37N3O2/c1-18(2)15-22(28)26-11-13-27(14-12-26)23(21-9-4-5-10-21)24(29)25-17-20-8-6-7-19(3)16-20/h6-8,16,18,21,23H,4-5,9-15,17H2,1-3H3,(H,25,29)/t23-/m0/s1. The number of nitrogens with zero attached hydrogens (tertiary/aromatic N) is 2. The predicted octanol–water partition coefficient (Wildman–Crippen LogP) is 3.36. The second-order valence-electron chi connectivity index (χ2n) is 9.21. The van der Waals surface area contributed by atoms with Gasteiger partial charge in [-0.15, -0.1) is 0 Å². The third-order valence-electron chi connectivity index (χ3n) is 6.31. The maximum Gasteiger partial charge on any atom is 0.237 e. The molecule has 1 N–H and O–H groups in total. The van der Waals surface area contributed by atoms with Crippen LogP contribution in [0.5, 0.6) is 0 Å². The zero-order valence-electron chi connectivity index (χ0n) is 18.3. The molecule has 2 fully saturated rings. The van der Waals surface area contributed by atoms with Crippen LogP contribution >= 0.6 is 0 Å². The molecule has 2 amide bonds. The summed E-state index contributed by atoms with van der Waals surface area (Å²) in [5.41, 5.74) is 2.36. The van der Waals surface area contributed by atoms with Crippen LogP contribution in [0.2, 0.25) is 0 Å². The average Bonchev–Trinajstić information content (AvgIpc) is 3.21. The number of hydrogen-bond acceptors (Lipinski definition) is 3. The van der Waals surface area contributed by atoms with Crippen LogP contribution in [0, 0.1) is 18.8 Å². The van der Waals surface area contributed by atoms with Crippen LogP contribution in [0.4, 0.5) is 0 Å². The smallest absolute Gasteiger partial charge is 0.237 e. The fraction of sp³-hybridized carbons (Fsp3) is 0.667. The minimum atomic E-state index is -0.0651. The molecular weight excluding hydrogens is 362 g/mol. The van der Waals surface area contributed by atoms with E-state index in [1.165, 1.54) is 18.4 Å². The number of hydrogen-bond donors (Lipinski definition) is 1. The molecule has 0 aromatic heterocycles. The van der Waals surface area contributed by atoms with Gasteiger partial charge in [-0.3, -0.25) is 14.5 Å². The van der Waals surface area contributed by atoms with E-state index in [1.807, 2.05) is 11.0 Å². The molecular formula is C24H37N3O2. The Bertz CT molecular complexity index is 689. The molecule has 5 nitrogen and oxygen atoms in total. The van der Waals surface area contributed by atoms with E-state index in [0.29, 0.717) is 24.8 Å². The zero-order chi connectivity index (χ0) is 20.8. The third-order valence-corrected chi connectivity index (χ3v) is 6.31. The molecule has 1 atom stereocenters. The molecule has 0 bridgehead atoms. The highest BCUT2D eigenvalue weighted by Crippen LogP contribution is 2.31. The van der Waals surface area contributed by atoms with Gasteiger partial charge in [0.25, 0.3) is 0 Å². The summed E-state index contributed by atoms with van der Waals surface area (Å²) in [4.78, 5) is 29.9. The molecule has 0 unspecified atom stereocenters. The Morgan fingerprint density at radius 3 is 2.41 bits per heavy atom. The SMILES string of the molecule is Cc1cccc(CNC(=O)[C@H](C2CCCC2)N2CCN(C(=O)CC(C)C)CC2)c1. The molecule has 2 aliphatic rings. The third kappa shape index (κ3) is 6.05. The molecule has 1 aliphatic carbocycles. The van der Waals surface area contributed by atoms with E-state index in [1.54, 1.807) is 0 Å². The van der Waals surface area contributed by atoms with Gasteiger partial charge in [0.2, 0.25) is 11.8 Å². The summed E-state index contributed by atoms with van der Waals surface area (Å²) in [6, 6.07) is 8.25. The topological polar surface area (TPSA) is 52.7 Å². The summed E-state index contributed by atoms with van der Waals surface area (Å²) in [5, 5.41) is 3.20. The van der Waals surface area contributed by atoms with E-state index < -0.39 is 0 Å². The van der Waals surface area contributed by atoms with Gasteiger partial charge in [-0.1, -0.05) is 56.5 Å². The van der Waals surface area contributed by atoms with Crippen molar-refractivity contribution in [2.75, 3.05) is 26.2 Å². The number of amides is 2. The molecule has 1 aliphatic heterocycles. The molecule has 0 radical (unpaired) electrons. The zero-order valence-corrected chi connectivity index (χ0v) is 18.3. The Labute approximate surface area is 175 Å². The lowest BCUT2D eigenvalue weighted by atomic mass is 9.94. The molecule has 1 aromatic rings. The van der Waals surface area contributed by atoms with Crippen molar-refractivity contribution in [2.45, 2.75) is 65.5 Å². The van der Waals surface area contributed by atoms with Crippen molar-refractivity contribution in [2.24, 2.45) is 11.8 Å². The summed E-state index contributed by atoms with van der Waals surface area (Å²) in [5.74, 6) is 1.23. The first kappa shape index (κ1) is 21.8. The van der Waals surface area contributed by atoms with Crippen LogP contribution in [-0.2, 0) is 16.1 Å². The maximum atomic E-state index is 13.2. The van der Waals surface area contributed by atoms with E-state index in [9.17, 15) is 9.59 Å². The number of aryl methyl sites for hydroxylation is 1. The normalized spacial score (nSPS) is 19.5. The van der Waals surface area contributed by atoms with Gasteiger partial charge in [0.05, 0.1) is 6.04 Å². The fourth-order valence-electron chi connectivity index (χ4n) is 4.79. The van der Waals surface area contributed by atoms with Crippen molar-refractivity contribution >= 4 is 11.8 Å².